The van der Waals surface area contributed by atoms with E-state index in [4.69, 9.17) is 9.26 Å². The molecule has 7 heteroatoms. The molecule has 23 heavy (non-hydrogen) atoms. The normalized spacial score (nSPS) is 22.3. The molecule has 0 spiro atoms. The molecule has 1 N–H and O–H groups in total. The molecule has 1 fully saturated rings. The highest BCUT2D eigenvalue weighted by Gasteiger charge is 2.33. The summed E-state index contributed by atoms with van der Waals surface area (Å²) in [6.07, 6.45) is -0.961. The van der Waals surface area contributed by atoms with E-state index in [0.717, 1.165) is 17.0 Å². The second-order valence-electron chi connectivity index (χ2n) is 7.10. The Kier molecular flexibility index (Phi) is 5.29. The zero-order valence-corrected chi connectivity index (χ0v) is 14.5. The van der Waals surface area contributed by atoms with Gasteiger partial charge in [0, 0.05) is 31.2 Å². The van der Waals surface area contributed by atoms with Gasteiger partial charge in [-0.05, 0) is 41.0 Å². The van der Waals surface area contributed by atoms with Crippen LogP contribution in [0, 0.1) is 13.8 Å². The molecular formula is C16H26FN3O3. The maximum atomic E-state index is 13.8. The van der Waals surface area contributed by atoms with E-state index >= 15 is 0 Å². The molecule has 1 aromatic heterocycles. The van der Waals surface area contributed by atoms with Crippen molar-refractivity contribution in [3.63, 3.8) is 0 Å². The quantitative estimate of drug-likeness (QED) is 0.921. The van der Waals surface area contributed by atoms with Crippen molar-refractivity contribution in [3.8, 4) is 0 Å². The van der Waals surface area contributed by atoms with Gasteiger partial charge in [0.1, 0.15) is 17.5 Å². The molecule has 1 aliphatic rings. The van der Waals surface area contributed by atoms with Crippen molar-refractivity contribution in [2.45, 2.75) is 65.4 Å². The van der Waals surface area contributed by atoms with Crippen molar-refractivity contribution in [3.05, 3.63) is 17.0 Å². The van der Waals surface area contributed by atoms with Gasteiger partial charge in [-0.1, -0.05) is 5.16 Å². The predicted octanol–water partition coefficient (Wildman–Crippen LogP) is 2.73. The number of amides is 1. The van der Waals surface area contributed by atoms with Gasteiger partial charge in [-0.3, -0.25) is 4.90 Å². The molecule has 0 saturated carbocycles. The number of alkyl carbamates (subject to hydrolysis) is 1. The number of aromatic nitrogens is 1. The molecule has 2 atom stereocenters. The van der Waals surface area contributed by atoms with E-state index in [0.29, 0.717) is 26.1 Å². The lowest BCUT2D eigenvalue weighted by Gasteiger charge is -2.25. The Labute approximate surface area is 136 Å². The second kappa shape index (κ2) is 6.86. The number of aryl methyl sites for hydroxylation is 2. The smallest absolute Gasteiger partial charge is 0.407 e. The molecule has 0 bridgehead atoms. The van der Waals surface area contributed by atoms with Crippen LogP contribution >= 0.6 is 0 Å². The molecule has 2 heterocycles. The Balaban J connectivity index is 1.93. The minimum atomic E-state index is -0.888. The van der Waals surface area contributed by atoms with E-state index in [1.165, 1.54) is 0 Å². The van der Waals surface area contributed by atoms with Gasteiger partial charge in [-0.15, -0.1) is 0 Å². The van der Waals surface area contributed by atoms with Gasteiger partial charge in [-0.25, -0.2) is 9.18 Å². The van der Waals surface area contributed by atoms with Gasteiger partial charge < -0.3 is 14.6 Å². The van der Waals surface area contributed by atoms with Crippen molar-refractivity contribution in [2.75, 3.05) is 13.1 Å². The number of hydrogen-bond donors (Lipinski definition) is 1. The Morgan fingerprint density at radius 3 is 2.74 bits per heavy atom. The summed E-state index contributed by atoms with van der Waals surface area (Å²) in [6.45, 7) is 10.4. The van der Waals surface area contributed by atoms with Crippen molar-refractivity contribution >= 4 is 6.09 Å². The first-order valence-electron chi connectivity index (χ1n) is 7.92. The zero-order chi connectivity index (χ0) is 17.2. The summed E-state index contributed by atoms with van der Waals surface area (Å²) in [4.78, 5) is 13.8. The van der Waals surface area contributed by atoms with Crippen molar-refractivity contribution in [1.29, 1.82) is 0 Å². The largest absolute Gasteiger partial charge is 0.444 e. The van der Waals surface area contributed by atoms with Crippen molar-refractivity contribution in [2.24, 2.45) is 0 Å². The molecule has 6 nitrogen and oxygen atoms in total. The number of likely N-dealkylation sites (tertiary alicyclic amines) is 1. The first kappa shape index (κ1) is 17.7. The first-order valence-corrected chi connectivity index (χ1v) is 7.92. The van der Waals surface area contributed by atoms with E-state index in [2.05, 4.69) is 10.5 Å². The summed E-state index contributed by atoms with van der Waals surface area (Å²) in [5.74, 6) is 0.753. The third-order valence-corrected chi connectivity index (χ3v) is 3.90. The zero-order valence-electron chi connectivity index (χ0n) is 14.5. The number of ether oxygens (including phenoxy) is 1. The predicted molar refractivity (Wildman–Crippen MR) is 83.9 cm³/mol. The number of hydrogen-bond acceptors (Lipinski definition) is 5. The van der Waals surface area contributed by atoms with Crippen LogP contribution in [0.5, 0.6) is 0 Å². The summed E-state index contributed by atoms with van der Waals surface area (Å²) in [6, 6.07) is -0.0637. The maximum absolute atomic E-state index is 13.8. The van der Waals surface area contributed by atoms with Gasteiger partial charge in [0.15, 0.2) is 0 Å². The first-order chi connectivity index (χ1) is 10.7. The molecule has 1 aliphatic heterocycles. The van der Waals surface area contributed by atoms with E-state index < -0.39 is 17.9 Å². The van der Waals surface area contributed by atoms with E-state index in [1.807, 2.05) is 39.5 Å². The highest BCUT2D eigenvalue weighted by Crippen LogP contribution is 2.24. The van der Waals surface area contributed by atoms with E-state index in [9.17, 15) is 9.18 Å². The Hall–Kier alpha value is -1.63. The third-order valence-electron chi connectivity index (χ3n) is 3.90. The summed E-state index contributed by atoms with van der Waals surface area (Å²) in [7, 11) is 0. The fourth-order valence-corrected chi connectivity index (χ4v) is 2.77. The average Bonchev–Trinajstić information content (AvgIpc) is 2.91. The minimum absolute atomic E-state index is 0.0637. The van der Waals surface area contributed by atoms with Gasteiger partial charge in [-0.2, -0.15) is 0 Å². The number of carbonyl (C=O) groups excluding carboxylic acids is 1. The van der Waals surface area contributed by atoms with Crippen LogP contribution < -0.4 is 5.32 Å². The SMILES string of the molecule is Cc1noc(C)c1CN1C[C@@H](F)C[C@H]1CNC(=O)OC(C)(C)C. The van der Waals surface area contributed by atoms with Crippen LogP contribution in [0.4, 0.5) is 9.18 Å². The fourth-order valence-electron chi connectivity index (χ4n) is 2.77. The van der Waals surface area contributed by atoms with Gasteiger partial charge >= 0.3 is 6.09 Å². The monoisotopic (exact) mass is 327 g/mol. The lowest BCUT2D eigenvalue weighted by molar-refractivity contribution is 0.0512. The fraction of sp³-hybridized carbons (Fsp3) is 0.750. The molecule has 0 radical (unpaired) electrons. The number of carbonyl (C=O) groups is 1. The van der Waals surface area contributed by atoms with E-state index in [1.54, 1.807) is 0 Å². The standard InChI is InChI=1S/C16H26FN3O3/c1-10-14(11(2)23-19-10)9-20-8-12(17)6-13(20)7-18-15(21)22-16(3,4)5/h12-13H,6-9H2,1-5H3,(H,18,21)/t12-,13-/m0/s1. The van der Waals surface area contributed by atoms with Gasteiger partial charge in [0.2, 0.25) is 0 Å². The van der Waals surface area contributed by atoms with Crippen LogP contribution in [0.15, 0.2) is 4.52 Å². The number of nitrogens with zero attached hydrogens (tertiary/aromatic N) is 2. The topological polar surface area (TPSA) is 67.6 Å². The van der Waals surface area contributed by atoms with Gasteiger partial charge in [0.05, 0.1) is 5.69 Å². The van der Waals surface area contributed by atoms with Crippen molar-refractivity contribution < 1.29 is 18.4 Å². The Morgan fingerprint density at radius 2 is 2.17 bits per heavy atom. The lowest BCUT2D eigenvalue weighted by Crippen LogP contribution is -2.41. The van der Waals surface area contributed by atoms with Crippen LogP contribution in [0.3, 0.4) is 0 Å². The molecule has 1 aromatic rings. The highest BCUT2D eigenvalue weighted by atomic mass is 19.1. The molecule has 1 saturated heterocycles. The summed E-state index contributed by atoms with van der Waals surface area (Å²) in [5, 5.41) is 6.66. The molecule has 0 aromatic carbocycles. The van der Waals surface area contributed by atoms with E-state index in [-0.39, 0.29) is 6.04 Å². The molecule has 0 unspecified atom stereocenters. The van der Waals surface area contributed by atoms with Crippen LogP contribution in [0.1, 0.15) is 44.2 Å². The number of halogens is 1. The molecule has 0 aliphatic carbocycles. The van der Waals surface area contributed by atoms with Crippen LogP contribution in [0.25, 0.3) is 0 Å². The summed E-state index contributed by atoms with van der Waals surface area (Å²) < 4.78 is 24.2. The van der Waals surface area contributed by atoms with Gasteiger partial charge in [0.25, 0.3) is 0 Å². The van der Waals surface area contributed by atoms with Crippen LogP contribution in [-0.2, 0) is 11.3 Å². The lowest BCUT2D eigenvalue weighted by atomic mass is 10.1. The average molecular weight is 327 g/mol. The minimum Gasteiger partial charge on any atom is -0.444 e. The number of rotatable bonds is 4. The molecule has 130 valence electrons. The second-order valence-corrected chi connectivity index (χ2v) is 7.10. The van der Waals surface area contributed by atoms with Crippen LogP contribution in [-0.4, -0.2) is 47.1 Å². The molecule has 2 rings (SSSR count). The number of alkyl halides is 1. The Morgan fingerprint density at radius 1 is 1.48 bits per heavy atom. The third kappa shape index (κ3) is 4.92. The summed E-state index contributed by atoms with van der Waals surface area (Å²) in [5.41, 5.74) is 1.27. The molecule has 1 amide bonds. The highest BCUT2D eigenvalue weighted by molar-refractivity contribution is 5.67. The molecular weight excluding hydrogens is 301 g/mol. The number of nitrogens with one attached hydrogen (secondary N) is 1. The maximum Gasteiger partial charge on any atom is 0.407 e. The summed E-state index contributed by atoms with van der Waals surface area (Å²) >= 11 is 0. The van der Waals surface area contributed by atoms with Crippen molar-refractivity contribution in [1.82, 2.24) is 15.4 Å². The van der Waals surface area contributed by atoms with Crippen LogP contribution in [0.2, 0.25) is 0 Å². The Bertz CT molecular complexity index is 534.